The van der Waals surface area contributed by atoms with Crippen LogP contribution in [-0.2, 0) is 16.0 Å². The van der Waals surface area contributed by atoms with Crippen LogP contribution >= 0.6 is 11.6 Å². The van der Waals surface area contributed by atoms with E-state index in [0.29, 0.717) is 35.6 Å². The molecule has 0 radical (unpaired) electrons. The minimum atomic E-state index is 0.0531. The smallest absolute Gasteiger partial charge is 0.229 e. The van der Waals surface area contributed by atoms with E-state index >= 15 is 0 Å². The number of aromatic nitrogens is 1. The van der Waals surface area contributed by atoms with E-state index < -0.39 is 0 Å². The van der Waals surface area contributed by atoms with Crippen molar-refractivity contribution in [1.29, 1.82) is 0 Å². The fraction of sp³-hybridized carbons (Fsp3) is 0.444. The molecule has 1 fully saturated rings. The molecule has 1 aromatic carbocycles. The summed E-state index contributed by atoms with van der Waals surface area (Å²) in [5.41, 5.74) is 1.52. The third kappa shape index (κ3) is 3.47. The number of oxazole rings is 1. The second kappa shape index (κ2) is 6.95. The van der Waals surface area contributed by atoms with E-state index in [-0.39, 0.29) is 24.4 Å². The molecule has 2 atom stereocenters. The van der Waals surface area contributed by atoms with Crippen LogP contribution in [0.15, 0.2) is 28.7 Å². The van der Waals surface area contributed by atoms with Gasteiger partial charge in [0.25, 0.3) is 0 Å². The fourth-order valence-corrected chi connectivity index (χ4v) is 3.16. The lowest BCUT2D eigenvalue weighted by Crippen LogP contribution is -2.53. The molecule has 1 aromatic heterocycles. The molecule has 128 valence electrons. The molecule has 0 aliphatic carbocycles. The van der Waals surface area contributed by atoms with Crippen molar-refractivity contribution in [3.8, 4) is 11.5 Å². The summed E-state index contributed by atoms with van der Waals surface area (Å²) in [6.45, 7) is 6.99. The predicted molar refractivity (Wildman–Crippen MR) is 92.0 cm³/mol. The number of aryl methyl sites for hydroxylation is 1. The second-order valence-electron chi connectivity index (χ2n) is 6.24. The van der Waals surface area contributed by atoms with Gasteiger partial charge in [-0.2, -0.15) is 0 Å². The maximum Gasteiger partial charge on any atom is 0.229 e. The predicted octanol–water partition coefficient (Wildman–Crippen LogP) is 3.48. The van der Waals surface area contributed by atoms with Gasteiger partial charge in [-0.15, -0.1) is 0 Å². The molecule has 1 aliphatic rings. The molecule has 1 aliphatic heterocycles. The molecule has 1 saturated heterocycles. The second-order valence-corrected chi connectivity index (χ2v) is 6.68. The molecule has 2 unspecified atom stereocenters. The van der Waals surface area contributed by atoms with Gasteiger partial charge in [0, 0.05) is 10.6 Å². The number of morpholine rings is 1. The van der Waals surface area contributed by atoms with Gasteiger partial charge in [-0.25, -0.2) is 4.98 Å². The highest BCUT2D eigenvalue weighted by Crippen LogP contribution is 2.24. The zero-order valence-electron chi connectivity index (χ0n) is 14.1. The van der Waals surface area contributed by atoms with Crippen molar-refractivity contribution in [2.24, 2.45) is 0 Å². The summed E-state index contributed by atoms with van der Waals surface area (Å²) >= 11 is 5.91. The minimum absolute atomic E-state index is 0.0531. The first-order valence-electron chi connectivity index (χ1n) is 8.07. The van der Waals surface area contributed by atoms with Crippen molar-refractivity contribution in [3.63, 3.8) is 0 Å². The Hall–Kier alpha value is -1.85. The highest BCUT2D eigenvalue weighted by Gasteiger charge is 2.30. The van der Waals surface area contributed by atoms with Gasteiger partial charge >= 0.3 is 0 Å². The minimum Gasteiger partial charge on any atom is -0.441 e. The van der Waals surface area contributed by atoms with Crippen LogP contribution in [0.3, 0.4) is 0 Å². The number of rotatable bonds is 3. The normalized spacial score (nSPS) is 21.1. The van der Waals surface area contributed by atoms with Crippen molar-refractivity contribution in [1.82, 2.24) is 9.88 Å². The Kier molecular flexibility index (Phi) is 4.92. The Balaban J connectivity index is 1.78. The molecule has 6 heteroatoms. The Bertz CT molecular complexity index is 716. The molecule has 2 heterocycles. The Morgan fingerprint density at radius 2 is 1.88 bits per heavy atom. The highest BCUT2D eigenvalue weighted by molar-refractivity contribution is 6.30. The van der Waals surface area contributed by atoms with Crippen molar-refractivity contribution >= 4 is 17.5 Å². The number of benzene rings is 1. The maximum absolute atomic E-state index is 12.7. The van der Waals surface area contributed by atoms with E-state index in [1.54, 1.807) is 12.1 Å². The number of hydrogen-bond donors (Lipinski definition) is 0. The van der Waals surface area contributed by atoms with Gasteiger partial charge in [0.05, 0.1) is 37.4 Å². The monoisotopic (exact) mass is 348 g/mol. The molecule has 24 heavy (non-hydrogen) atoms. The maximum atomic E-state index is 12.7. The molecule has 1 amide bonds. The fourth-order valence-electron chi connectivity index (χ4n) is 3.04. The molecular formula is C18H21ClN2O3. The number of amides is 1. The summed E-state index contributed by atoms with van der Waals surface area (Å²) in [6, 6.07) is 7.43. The molecule has 0 N–H and O–H groups in total. The number of ether oxygens (including phenoxy) is 1. The molecule has 3 rings (SSSR count). The Morgan fingerprint density at radius 1 is 1.25 bits per heavy atom. The zero-order chi connectivity index (χ0) is 17.3. The summed E-state index contributed by atoms with van der Waals surface area (Å²) in [4.78, 5) is 19.1. The SMILES string of the molecule is Cc1oc(-c2ccc(Cl)cc2)nc1CC(=O)N1C(C)COCC1C. The van der Waals surface area contributed by atoms with Crippen molar-refractivity contribution in [2.45, 2.75) is 39.3 Å². The van der Waals surface area contributed by atoms with E-state index in [1.807, 2.05) is 37.8 Å². The lowest BCUT2D eigenvalue weighted by molar-refractivity contribution is -0.143. The van der Waals surface area contributed by atoms with Gasteiger partial charge in [0.15, 0.2) is 0 Å². The van der Waals surface area contributed by atoms with E-state index in [1.165, 1.54) is 0 Å². The summed E-state index contributed by atoms with van der Waals surface area (Å²) in [7, 11) is 0. The van der Waals surface area contributed by atoms with Crippen LogP contribution in [0.5, 0.6) is 0 Å². The molecule has 0 saturated carbocycles. The summed E-state index contributed by atoms with van der Waals surface area (Å²) in [5.74, 6) is 1.23. The molecule has 0 bridgehead atoms. The van der Waals surface area contributed by atoms with Crippen molar-refractivity contribution in [3.05, 3.63) is 40.7 Å². The number of halogens is 1. The quantitative estimate of drug-likeness (QED) is 0.852. The first-order chi connectivity index (χ1) is 11.5. The third-order valence-electron chi connectivity index (χ3n) is 4.26. The van der Waals surface area contributed by atoms with Gasteiger partial charge in [0.1, 0.15) is 5.76 Å². The van der Waals surface area contributed by atoms with Crippen LogP contribution in [0.25, 0.3) is 11.5 Å². The van der Waals surface area contributed by atoms with E-state index in [4.69, 9.17) is 20.8 Å². The van der Waals surface area contributed by atoms with Crippen LogP contribution < -0.4 is 0 Å². The van der Waals surface area contributed by atoms with E-state index in [0.717, 1.165) is 5.56 Å². The van der Waals surface area contributed by atoms with E-state index in [2.05, 4.69) is 4.98 Å². The summed E-state index contributed by atoms with van der Waals surface area (Å²) in [5, 5.41) is 0.660. The van der Waals surface area contributed by atoms with Gasteiger partial charge in [-0.1, -0.05) is 11.6 Å². The number of hydrogen-bond acceptors (Lipinski definition) is 4. The average Bonchev–Trinajstić information content (AvgIpc) is 2.89. The first-order valence-corrected chi connectivity index (χ1v) is 8.44. The van der Waals surface area contributed by atoms with Crippen LogP contribution in [0.4, 0.5) is 0 Å². The lowest BCUT2D eigenvalue weighted by atomic mass is 10.1. The Morgan fingerprint density at radius 3 is 2.50 bits per heavy atom. The Labute approximate surface area is 146 Å². The van der Waals surface area contributed by atoms with Gasteiger partial charge in [-0.05, 0) is 45.0 Å². The lowest BCUT2D eigenvalue weighted by Gasteiger charge is -2.38. The van der Waals surface area contributed by atoms with Gasteiger partial charge < -0.3 is 14.1 Å². The van der Waals surface area contributed by atoms with Gasteiger partial charge in [-0.3, -0.25) is 4.79 Å². The van der Waals surface area contributed by atoms with Crippen LogP contribution in [0.2, 0.25) is 5.02 Å². The molecule has 2 aromatic rings. The molecule has 0 spiro atoms. The molecular weight excluding hydrogens is 328 g/mol. The number of nitrogens with zero attached hydrogens (tertiary/aromatic N) is 2. The number of carbonyl (C=O) groups excluding carboxylic acids is 1. The largest absolute Gasteiger partial charge is 0.441 e. The first kappa shape index (κ1) is 17.0. The summed E-state index contributed by atoms with van der Waals surface area (Å²) < 4.78 is 11.2. The third-order valence-corrected chi connectivity index (χ3v) is 4.51. The molecule has 5 nitrogen and oxygen atoms in total. The van der Waals surface area contributed by atoms with Crippen LogP contribution in [-0.4, -0.2) is 41.1 Å². The van der Waals surface area contributed by atoms with Gasteiger partial charge in [0.2, 0.25) is 11.8 Å². The average molecular weight is 349 g/mol. The zero-order valence-corrected chi connectivity index (χ0v) is 14.8. The standard InChI is InChI=1S/C18H21ClN2O3/c1-11-9-23-10-12(2)21(11)17(22)8-16-13(3)24-18(20-16)14-4-6-15(19)7-5-14/h4-7,11-12H,8-10H2,1-3H3. The number of carbonyl (C=O) groups is 1. The van der Waals surface area contributed by atoms with Crippen molar-refractivity contribution in [2.75, 3.05) is 13.2 Å². The van der Waals surface area contributed by atoms with Crippen LogP contribution in [0, 0.1) is 6.92 Å². The topological polar surface area (TPSA) is 55.6 Å². The highest BCUT2D eigenvalue weighted by atomic mass is 35.5. The van der Waals surface area contributed by atoms with Crippen LogP contribution in [0.1, 0.15) is 25.3 Å². The van der Waals surface area contributed by atoms with Crippen molar-refractivity contribution < 1.29 is 13.9 Å². The van der Waals surface area contributed by atoms with E-state index in [9.17, 15) is 4.79 Å². The summed E-state index contributed by atoms with van der Waals surface area (Å²) in [6.07, 6.45) is 0.234.